The van der Waals surface area contributed by atoms with Gasteiger partial charge in [0.1, 0.15) is 0 Å². The van der Waals surface area contributed by atoms with Crippen LogP contribution in [0.2, 0.25) is 0 Å². The Morgan fingerprint density at radius 2 is 1.69 bits per heavy atom. The third-order valence-electron chi connectivity index (χ3n) is 2.61. The van der Waals surface area contributed by atoms with Crippen LogP contribution in [0, 0.1) is 11.8 Å². The summed E-state index contributed by atoms with van der Waals surface area (Å²) in [6.45, 7) is 10.4. The van der Waals surface area contributed by atoms with Crippen LogP contribution in [0.3, 0.4) is 0 Å². The average molecular weight is 232 g/mol. The van der Waals surface area contributed by atoms with Crippen LogP contribution in [-0.2, 0) is 14.3 Å². The van der Waals surface area contributed by atoms with Crippen molar-refractivity contribution in [1.29, 1.82) is 0 Å². The van der Waals surface area contributed by atoms with Gasteiger partial charge in [-0.25, -0.2) is 0 Å². The van der Waals surface area contributed by atoms with Crippen LogP contribution >= 0.6 is 0 Å². The van der Waals surface area contributed by atoms with Crippen LogP contribution in [0.5, 0.6) is 0 Å². The first-order chi connectivity index (χ1) is 7.36. The second-order valence-corrected chi connectivity index (χ2v) is 4.39. The molecule has 0 heterocycles. The number of hydrogen-bond acceptors (Lipinski definition) is 3. The second-order valence-electron chi connectivity index (χ2n) is 4.39. The van der Waals surface area contributed by atoms with Crippen LogP contribution in [0.25, 0.3) is 0 Å². The Bertz CT molecular complexity index is 207. The maximum Gasteiger partial charge on any atom is 0.306 e. The highest BCUT2D eigenvalue weighted by molar-refractivity contribution is 5.70. The van der Waals surface area contributed by atoms with E-state index in [0.29, 0.717) is 19.6 Å². The van der Waals surface area contributed by atoms with Crippen molar-refractivity contribution < 1.29 is 19.4 Å². The highest BCUT2D eigenvalue weighted by Crippen LogP contribution is 2.27. The third-order valence-corrected chi connectivity index (χ3v) is 2.61. The zero-order valence-electron chi connectivity index (χ0n) is 10.9. The number of rotatable bonds is 8. The Kier molecular flexibility index (Phi) is 6.60. The predicted molar refractivity (Wildman–Crippen MR) is 62.2 cm³/mol. The fraction of sp³-hybridized carbons (Fsp3) is 0.917. The molecule has 0 bridgehead atoms. The largest absolute Gasteiger partial charge is 0.481 e. The Balaban J connectivity index is 4.62. The van der Waals surface area contributed by atoms with Crippen LogP contribution in [-0.4, -0.2) is 30.1 Å². The predicted octanol–water partition coefficient (Wildman–Crippen LogP) is 2.52. The maximum absolute atomic E-state index is 11.1. The monoisotopic (exact) mass is 232 g/mol. The summed E-state index contributed by atoms with van der Waals surface area (Å²) in [7, 11) is 0. The van der Waals surface area contributed by atoms with Crippen LogP contribution in [0.15, 0.2) is 0 Å². The molecule has 0 aromatic rings. The van der Waals surface area contributed by atoms with E-state index in [1.807, 2.05) is 27.7 Å². The number of ether oxygens (including phenoxy) is 2. The summed E-state index contributed by atoms with van der Waals surface area (Å²) in [5.74, 6) is -1.96. The van der Waals surface area contributed by atoms with E-state index < -0.39 is 17.7 Å². The van der Waals surface area contributed by atoms with Gasteiger partial charge >= 0.3 is 5.97 Å². The molecular weight excluding hydrogens is 208 g/mol. The van der Waals surface area contributed by atoms with Crippen molar-refractivity contribution in [2.24, 2.45) is 11.8 Å². The molecule has 1 atom stereocenters. The smallest absolute Gasteiger partial charge is 0.306 e. The van der Waals surface area contributed by atoms with E-state index >= 15 is 0 Å². The topological polar surface area (TPSA) is 55.8 Å². The molecule has 16 heavy (non-hydrogen) atoms. The van der Waals surface area contributed by atoms with E-state index in [1.165, 1.54) is 0 Å². The Labute approximate surface area is 97.9 Å². The lowest BCUT2D eigenvalue weighted by atomic mass is 9.89. The van der Waals surface area contributed by atoms with Crippen molar-refractivity contribution in [3.63, 3.8) is 0 Å². The third kappa shape index (κ3) is 4.94. The molecule has 0 aliphatic rings. The first-order valence-electron chi connectivity index (χ1n) is 5.87. The molecular formula is C12H24O4. The van der Waals surface area contributed by atoms with Crippen molar-refractivity contribution in [3.8, 4) is 0 Å². The molecule has 0 rings (SSSR count). The van der Waals surface area contributed by atoms with E-state index in [4.69, 9.17) is 14.6 Å². The van der Waals surface area contributed by atoms with Gasteiger partial charge in [-0.2, -0.15) is 0 Å². The van der Waals surface area contributed by atoms with Gasteiger partial charge < -0.3 is 14.6 Å². The van der Waals surface area contributed by atoms with Gasteiger partial charge in [-0.1, -0.05) is 13.8 Å². The van der Waals surface area contributed by atoms with Crippen molar-refractivity contribution >= 4 is 5.97 Å². The Hall–Kier alpha value is -0.610. The summed E-state index contributed by atoms with van der Waals surface area (Å²) in [5, 5.41) is 9.13. The number of carboxylic acid groups (broad SMARTS) is 1. The summed E-state index contributed by atoms with van der Waals surface area (Å²) >= 11 is 0. The minimum Gasteiger partial charge on any atom is -0.481 e. The SMILES string of the molecule is CCOC(C)(CC(C(=O)O)C(C)C)OCC. The minimum absolute atomic E-state index is 0.0673. The van der Waals surface area contributed by atoms with Gasteiger partial charge in [-0.05, 0) is 26.7 Å². The van der Waals surface area contributed by atoms with E-state index in [9.17, 15) is 4.79 Å². The van der Waals surface area contributed by atoms with Crippen molar-refractivity contribution in [2.75, 3.05) is 13.2 Å². The molecule has 0 aromatic carbocycles. The molecule has 0 fully saturated rings. The molecule has 0 saturated heterocycles. The number of carboxylic acids is 1. The standard InChI is InChI=1S/C12H24O4/c1-6-15-12(5,16-7-2)8-10(9(3)4)11(13)14/h9-10H,6-8H2,1-5H3,(H,13,14). The van der Waals surface area contributed by atoms with Crippen molar-refractivity contribution in [1.82, 2.24) is 0 Å². The van der Waals surface area contributed by atoms with Crippen molar-refractivity contribution in [2.45, 2.75) is 46.8 Å². The fourth-order valence-corrected chi connectivity index (χ4v) is 1.78. The maximum atomic E-state index is 11.1. The minimum atomic E-state index is -0.795. The second kappa shape index (κ2) is 6.86. The zero-order valence-corrected chi connectivity index (χ0v) is 10.9. The number of carbonyl (C=O) groups is 1. The van der Waals surface area contributed by atoms with Gasteiger partial charge in [-0.15, -0.1) is 0 Å². The lowest BCUT2D eigenvalue weighted by Gasteiger charge is -2.32. The molecule has 0 spiro atoms. The van der Waals surface area contributed by atoms with E-state index in [2.05, 4.69) is 0 Å². The van der Waals surface area contributed by atoms with Crippen LogP contribution in [0.1, 0.15) is 41.0 Å². The molecule has 0 radical (unpaired) electrons. The van der Waals surface area contributed by atoms with E-state index in [0.717, 1.165) is 0 Å². The Morgan fingerprint density at radius 3 is 1.94 bits per heavy atom. The summed E-state index contributed by atoms with van der Waals surface area (Å²) in [6.07, 6.45) is 0.377. The molecule has 0 aliphatic carbocycles. The van der Waals surface area contributed by atoms with Gasteiger partial charge in [-0.3, -0.25) is 4.79 Å². The summed E-state index contributed by atoms with van der Waals surface area (Å²) in [6, 6.07) is 0. The van der Waals surface area contributed by atoms with Gasteiger partial charge in [0.05, 0.1) is 5.92 Å². The van der Waals surface area contributed by atoms with Gasteiger partial charge in [0.25, 0.3) is 0 Å². The van der Waals surface area contributed by atoms with Gasteiger partial charge in [0, 0.05) is 19.6 Å². The quantitative estimate of drug-likeness (QED) is 0.653. The van der Waals surface area contributed by atoms with Crippen molar-refractivity contribution in [3.05, 3.63) is 0 Å². The fourth-order valence-electron chi connectivity index (χ4n) is 1.78. The van der Waals surface area contributed by atoms with Gasteiger partial charge in [0.15, 0.2) is 5.79 Å². The summed E-state index contributed by atoms with van der Waals surface area (Å²) in [4.78, 5) is 11.1. The lowest BCUT2D eigenvalue weighted by Crippen LogP contribution is -2.38. The molecule has 4 heteroatoms. The normalized spacial score (nSPS) is 14.1. The van der Waals surface area contributed by atoms with E-state index in [1.54, 1.807) is 6.92 Å². The highest BCUT2D eigenvalue weighted by Gasteiger charge is 2.34. The average Bonchev–Trinajstić information content (AvgIpc) is 2.14. The molecule has 1 N–H and O–H groups in total. The molecule has 0 amide bonds. The summed E-state index contributed by atoms with van der Waals surface area (Å²) in [5.41, 5.74) is 0. The molecule has 0 saturated carbocycles. The number of hydrogen-bond donors (Lipinski definition) is 1. The molecule has 0 aliphatic heterocycles. The molecule has 96 valence electrons. The van der Waals surface area contributed by atoms with Gasteiger partial charge in [0.2, 0.25) is 0 Å². The Morgan fingerprint density at radius 1 is 1.25 bits per heavy atom. The molecule has 4 nitrogen and oxygen atoms in total. The molecule has 0 aromatic heterocycles. The first-order valence-corrected chi connectivity index (χ1v) is 5.87. The first kappa shape index (κ1) is 15.4. The van der Waals surface area contributed by atoms with Crippen LogP contribution in [0.4, 0.5) is 0 Å². The van der Waals surface area contributed by atoms with E-state index in [-0.39, 0.29) is 5.92 Å². The lowest BCUT2D eigenvalue weighted by molar-refractivity contribution is -0.233. The number of aliphatic carboxylic acids is 1. The zero-order chi connectivity index (χ0) is 12.8. The highest BCUT2D eigenvalue weighted by atomic mass is 16.7. The van der Waals surface area contributed by atoms with Crippen LogP contribution < -0.4 is 0 Å². The summed E-state index contributed by atoms with van der Waals surface area (Å²) < 4.78 is 11.0. The molecule has 1 unspecified atom stereocenters.